The molecular weight excluding hydrogens is 464 g/mol. The van der Waals surface area contributed by atoms with Crippen LogP contribution in [0.25, 0.3) is 0 Å². The molecule has 0 bridgehead atoms. The van der Waals surface area contributed by atoms with Gasteiger partial charge in [0.1, 0.15) is 0 Å². The zero-order valence-electron chi connectivity index (χ0n) is 12.6. The van der Waals surface area contributed by atoms with Crippen molar-refractivity contribution < 1.29 is 19.1 Å². The molecule has 0 atom stereocenters. The quantitative estimate of drug-likeness (QED) is 0.624. The van der Waals surface area contributed by atoms with E-state index in [1.54, 1.807) is 24.3 Å². The molecule has 24 heavy (non-hydrogen) atoms. The number of ether oxygens (including phenoxy) is 2. The van der Waals surface area contributed by atoms with Crippen molar-refractivity contribution >= 4 is 55.0 Å². The van der Waals surface area contributed by atoms with E-state index in [4.69, 9.17) is 9.47 Å². The lowest BCUT2D eigenvalue weighted by atomic mass is 10.3. The van der Waals surface area contributed by atoms with Gasteiger partial charge in [0.2, 0.25) is 0 Å². The van der Waals surface area contributed by atoms with Crippen LogP contribution >= 0.6 is 43.2 Å². The zero-order valence-corrected chi connectivity index (χ0v) is 16.6. The summed E-state index contributed by atoms with van der Waals surface area (Å²) >= 11 is 7.86. The minimum atomic E-state index is -0.482. The summed E-state index contributed by atoms with van der Waals surface area (Å²) in [5.41, 5.74) is 4.64. The highest BCUT2D eigenvalue weighted by Gasteiger charge is 2.13. The first-order chi connectivity index (χ1) is 11.5. The normalized spacial score (nSPS) is 10.1. The maximum absolute atomic E-state index is 11.9. The van der Waals surface area contributed by atoms with Gasteiger partial charge >= 0.3 is 0 Å². The van der Waals surface area contributed by atoms with Crippen LogP contribution in [-0.4, -0.2) is 25.0 Å². The number of hydrogen-bond donors (Lipinski definition) is 2. The SMILES string of the molecule is CCOc1ccccc1OCC(=O)NNC(=O)c1cc(Br)c(Br)s1. The zero-order chi connectivity index (χ0) is 17.5. The number of benzene rings is 1. The average molecular weight is 478 g/mol. The third kappa shape index (κ3) is 5.22. The van der Waals surface area contributed by atoms with Gasteiger partial charge in [0.05, 0.1) is 15.3 Å². The lowest BCUT2D eigenvalue weighted by molar-refractivity contribution is -0.123. The second-order valence-corrected chi connectivity index (χ2v) is 7.63. The molecule has 2 N–H and O–H groups in total. The van der Waals surface area contributed by atoms with Crippen molar-refractivity contribution in [3.8, 4) is 11.5 Å². The minimum absolute atomic E-state index is 0.248. The molecule has 1 aromatic heterocycles. The van der Waals surface area contributed by atoms with Gasteiger partial charge in [-0.1, -0.05) is 12.1 Å². The van der Waals surface area contributed by atoms with Crippen LogP contribution in [0.1, 0.15) is 16.6 Å². The van der Waals surface area contributed by atoms with Crippen LogP contribution in [0.5, 0.6) is 11.5 Å². The Balaban J connectivity index is 1.82. The fourth-order valence-corrected chi connectivity index (χ4v) is 3.60. The van der Waals surface area contributed by atoms with Crippen molar-refractivity contribution in [1.29, 1.82) is 0 Å². The molecule has 1 aromatic carbocycles. The van der Waals surface area contributed by atoms with Crippen molar-refractivity contribution in [2.45, 2.75) is 6.92 Å². The molecule has 0 saturated carbocycles. The van der Waals surface area contributed by atoms with E-state index in [1.165, 1.54) is 11.3 Å². The molecule has 0 aliphatic rings. The van der Waals surface area contributed by atoms with Gasteiger partial charge in [0.25, 0.3) is 11.8 Å². The number of rotatable bonds is 6. The summed E-state index contributed by atoms with van der Waals surface area (Å²) in [6.07, 6.45) is 0. The van der Waals surface area contributed by atoms with Crippen LogP contribution in [0.15, 0.2) is 38.6 Å². The van der Waals surface area contributed by atoms with E-state index in [9.17, 15) is 9.59 Å². The third-order valence-electron chi connectivity index (χ3n) is 2.69. The molecule has 0 aliphatic carbocycles. The van der Waals surface area contributed by atoms with Crippen molar-refractivity contribution in [3.05, 3.63) is 43.5 Å². The highest BCUT2D eigenvalue weighted by molar-refractivity contribution is 9.13. The first kappa shape index (κ1) is 18.8. The Labute approximate surface area is 159 Å². The lowest BCUT2D eigenvalue weighted by Crippen LogP contribution is -2.43. The summed E-state index contributed by atoms with van der Waals surface area (Å²) in [6, 6.07) is 8.72. The van der Waals surface area contributed by atoms with Gasteiger partial charge in [-0.05, 0) is 57.0 Å². The van der Waals surface area contributed by atoms with E-state index in [0.717, 1.165) is 8.26 Å². The Hall–Kier alpha value is -1.58. The molecule has 128 valence electrons. The van der Waals surface area contributed by atoms with E-state index in [-0.39, 0.29) is 6.61 Å². The number of carbonyl (C=O) groups excluding carboxylic acids is 2. The Morgan fingerprint density at radius 1 is 1.12 bits per heavy atom. The van der Waals surface area contributed by atoms with Crippen LogP contribution < -0.4 is 20.3 Å². The summed E-state index contributed by atoms with van der Waals surface area (Å²) in [6.45, 7) is 2.11. The van der Waals surface area contributed by atoms with E-state index >= 15 is 0 Å². The molecule has 0 unspecified atom stereocenters. The molecule has 2 rings (SSSR count). The predicted molar refractivity (Wildman–Crippen MR) is 98.4 cm³/mol. The first-order valence-corrected chi connectivity index (χ1v) is 9.30. The second-order valence-electron chi connectivity index (χ2n) is 4.40. The Kier molecular flexibility index (Phi) is 7.07. The van der Waals surface area contributed by atoms with Crippen molar-refractivity contribution in [2.75, 3.05) is 13.2 Å². The summed E-state index contributed by atoms with van der Waals surface area (Å²) < 4.78 is 12.4. The molecule has 2 aromatic rings. The van der Waals surface area contributed by atoms with Crippen LogP contribution in [0.3, 0.4) is 0 Å². The fourth-order valence-electron chi connectivity index (χ4n) is 1.67. The number of nitrogens with one attached hydrogen (secondary N) is 2. The maximum atomic E-state index is 11.9. The van der Waals surface area contributed by atoms with E-state index in [0.29, 0.717) is 23.0 Å². The lowest BCUT2D eigenvalue weighted by Gasteiger charge is -2.11. The monoisotopic (exact) mass is 476 g/mol. The van der Waals surface area contributed by atoms with E-state index < -0.39 is 11.8 Å². The number of carbonyl (C=O) groups is 2. The van der Waals surface area contributed by atoms with Gasteiger partial charge in [-0.25, -0.2) is 0 Å². The minimum Gasteiger partial charge on any atom is -0.490 e. The molecule has 6 nitrogen and oxygen atoms in total. The summed E-state index contributed by atoms with van der Waals surface area (Å²) in [7, 11) is 0. The molecule has 9 heteroatoms. The number of hydrazine groups is 1. The Morgan fingerprint density at radius 2 is 1.79 bits per heavy atom. The van der Waals surface area contributed by atoms with Gasteiger partial charge in [0, 0.05) is 4.47 Å². The van der Waals surface area contributed by atoms with E-state index in [2.05, 4.69) is 42.7 Å². The fraction of sp³-hybridized carbons (Fsp3) is 0.200. The molecule has 2 amide bonds. The van der Waals surface area contributed by atoms with Crippen molar-refractivity contribution in [1.82, 2.24) is 10.9 Å². The molecule has 0 spiro atoms. The van der Waals surface area contributed by atoms with Crippen LogP contribution in [0, 0.1) is 0 Å². The van der Waals surface area contributed by atoms with Crippen molar-refractivity contribution in [2.24, 2.45) is 0 Å². The summed E-state index contributed by atoms with van der Waals surface area (Å²) in [5, 5.41) is 0. The molecule has 1 heterocycles. The predicted octanol–water partition coefficient (Wildman–Crippen LogP) is 3.51. The second kappa shape index (κ2) is 9.05. The molecule has 0 fully saturated rings. The Morgan fingerprint density at radius 3 is 2.38 bits per heavy atom. The van der Waals surface area contributed by atoms with E-state index in [1.807, 2.05) is 13.0 Å². The molecule has 0 radical (unpaired) electrons. The largest absolute Gasteiger partial charge is 0.490 e. The van der Waals surface area contributed by atoms with Crippen LogP contribution in [0.4, 0.5) is 0 Å². The Bertz CT molecular complexity index is 717. The van der Waals surface area contributed by atoms with Gasteiger partial charge < -0.3 is 9.47 Å². The van der Waals surface area contributed by atoms with Gasteiger partial charge in [-0.15, -0.1) is 11.3 Å². The summed E-state index contributed by atoms with van der Waals surface area (Å²) in [4.78, 5) is 24.2. The molecular formula is C15H14Br2N2O4S. The number of thiophene rings is 1. The topological polar surface area (TPSA) is 76.7 Å². The molecule has 0 saturated heterocycles. The maximum Gasteiger partial charge on any atom is 0.279 e. The van der Waals surface area contributed by atoms with Gasteiger partial charge in [-0.2, -0.15) is 0 Å². The van der Waals surface area contributed by atoms with Gasteiger partial charge in [0.15, 0.2) is 18.1 Å². The number of hydrogen-bond acceptors (Lipinski definition) is 5. The average Bonchev–Trinajstić information content (AvgIpc) is 2.91. The third-order valence-corrected chi connectivity index (χ3v) is 5.95. The number of amides is 2. The van der Waals surface area contributed by atoms with Crippen LogP contribution in [0.2, 0.25) is 0 Å². The van der Waals surface area contributed by atoms with Crippen LogP contribution in [-0.2, 0) is 4.79 Å². The first-order valence-electron chi connectivity index (χ1n) is 6.90. The number of halogens is 2. The smallest absolute Gasteiger partial charge is 0.279 e. The molecule has 0 aliphatic heterocycles. The number of para-hydroxylation sites is 2. The summed E-state index contributed by atoms with van der Waals surface area (Å²) in [5.74, 6) is 0.135. The standard InChI is InChI=1S/C15H14Br2N2O4S/c1-2-22-10-5-3-4-6-11(10)23-8-13(20)18-19-15(21)12-7-9(16)14(17)24-12/h3-7H,2,8H2,1H3,(H,18,20)(H,19,21). The van der Waals surface area contributed by atoms with Crippen molar-refractivity contribution in [3.63, 3.8) is 0 Å². The van der Waals surface area contributed by atoms with Gasteiger partial charge in [-0.3, -0.25) is 20.4 Å². The highest BCUT2D eigenvalue weighted by atomic mass is 79.9. The highest BCUT2D eigenvalue weighted by Crippen LogP contribution is 2.32.